The summed E-state index contributed by atoms with van der Waals surface area (Å²) in [6.45, 7) is 8.71. The van der Waals surface area contributed by atoms with E-state index >= 15 is 0 Å². The molecule has 0 aliphatic heterocycles. The number of nitrogens with zero attached hydrogens (tertiary/aromatic N) is 7. The highest BCUT2D eigenvalue weighted by molar-refractivity contribution is 7.99. The van der Waals surface area contributed by atoms with Crippen LogP contribution >= 0.6 is 11.8 Å². The number of tetrazole rings is 1. The molecule has 8 heteroatoms. The van der Waals surface area contributed by atoms with E-state index in [-0.39, 0.29) is 10.7 Å². The Hall–Kier alpha value is -3.00. The van der Waals surface area contributed by atoms with E-state index in [0.717, 1.165) is 28.1 Å². The van der Waals surface area contributed by atoms with Crippen molar-refractivity contribution in [1.29, 1.82) is 0 Å². The lowest BCUT2D eigenvalue weighted by Crippen LogP contribution is -2.10. The predicted molar refractivity (Wildman–Crippen MR) is 119 cm³/mol. The Kier molecular flexibility index (Phi) is 5.42. The number of thioether (sulfide) groups is 1. The first-order chi connectivity index (χ1) is 14.3. The summed E-state index contributed by atoms with van der Waals surface area (Å²) in [7, 11) is 1.99. The maximum Gasteiger partial charge on any atom is 0.191 e. The van der Waals surface area contributed by atoms with Gasteiger partial charge in [0, 0.05) is 12.6 Å². The van der Waals surface area contributed by atoms with Gasteiger partial charge in [-0.15, -0.1) is 15.3 Å². The molecule has 0 amide bonds. The molecule has 0 aliphatic rings. The summed E-state index contributed by atoms with van der Waals surface area (Å²) in [4.78, 5) is 0. The molecule has 0 saturated carbocycles. The molecule has 0 bridgehead atoms. The van der Waals surface area contributed by atoms with Gasteiger partial charge >= 0.3 is 0 Å². The van der Waals surface area contributed by atoms with Gasteiger partial charge in [-0.1, -0.05) is 75.0 Å². The van der Waals surface area contributed by atoms with Crippen molar-refractivity contribution in [2.75, 3.05) is 0 Å². The molecule has 0 fully saturated rings. The lowest BCUT2D eigenvalue weighted by atomic mass is 9.87. The third kappa shape index (κ3) is 4.00. The summed E-state index contributed by atoms with van der Waals surface area (Å²) >= 11 is 1.59. The van der Waals surface area contributed by atoms with Crippen LogP contribution in [-0.4, -0.2) is 35.0 Å². The molecule has 7 nitrogen and oxygen atoms in total. The second kappa shape index (κ2) is 8.02. The summed E-state index contributed by atoms with van der Waals surface area (Å²) in [5.74, 6) is 1.61. The quantitative estimate of drug-likeness (QED) is 0.440. The Bertz CT molecular complexity index is 1120. The molecule has 0 spiro atoms. The highest BCUT2D eigenvalue weighted by Gasteiger charge is 2.21. The molecule has 2 aromatic carbocycles. The van der Waals surface area contributed by atoms with Crippen molar-refractivity contribution in [2.24, 2.45) is 7.05 Å². The van der Waals surface area contributed by atoms with E-state index in [9.17, 15) is 0 Å². The van der Waals surface area contributed by atoms with Crippen LogP contribution < -0.4 is 0 Å². The van der Waals surface area contributed by atoms with Gasteiger partial charge in [-0.05, 0) is 40.5 Å². The molecule has 30 heavy (non-hydrogen) atoms. The standard InChI is InChI=1S/C22H25N7S/c1-15(19-24-26-27-29(19)18-9-7-6-8-10-18)30-21-25-23-20(28(21)5)16-11-13-17(14-12-16)22(2,3)4/h6-15H,1-5H3. The molecule has 0 aliphatic carbocycles. The third-order valence-corrected chi connectivity index (χ3v) is 6.11. The molecule has 4 rings (SSSR count). The SMILES string of the molecule is CC(Sc1nnc(-c2ccc(C(C)(C)C)cc2)n1C)c1nnnn1-c1ccccc1. The molecule has 1 unspecified atom stereocenters. The van der Waals surface area contributed by atoms with Crippen molar-refractivity contribution in [1.82, 2.24) is 35.0 Å². The lowest BCUT2D eigenvalue weighted by Gasteiger charge is -2.19. The van der Waals surface area contributed by atoms with Crippen molar-refractivity contribution < 1.29 is 0 Å². The fourth-order valence-corrected chi connectivity index (χ4v) is 4.10. The molecular weight excluding hydrogens is 394 g/mol. The average Bonchev–Trinajstić information content (AvgIpc) is 3.36. The minimum Gasteiger partial charge on any atom is -0.305 e. The first kappa shape index (κ1) is 20.3. The maximum absolute atomic E-state index is 4.43. The summed E-state index contributed by atoms with van der Waals surface area (Å²) < 4.78 is 3.78. The van der Waals surface area contributed by atoms with Gasteiger partial charge in [-0.2, -0.15) is 4.68 Å². The summed E-state index contributed by atoms with van der Waals surface area (Å²) in [5, 5.41) is 21.9. The summed E-state index contributed by atoms with van der Waals surface area (Å²) in [5.41, 5.74) is 3.40. The molecule has 0 saturated heterocycles. The van der Waals surface area contributed by atoms with Crippen molar-refractivity contribution in [3.05, 3.63) is 66.0 Å². The van der Waals surface area contributed by atoms with Crippen molar-refractivity contribution >= 4 is 11.8 Å². The molecule has 2 aromatic heterocycles. The Morgan fingerprint density at radius 2 is 1.60 bits per heavy atom. The van der Waals surface area contributed by atoms with E-state index < -0.39 is 0 Å². The molecule has 4 aromatic rings. The smallest absolute Gasteiger partial charge is 0.191 e. The van der Waals surface area contributed by atoms with Crippen LogP contribution in [0.4, 0.5) is 0 Å². The van der Waals surface area contributed by atoms with E-state index in [1.54, 1.807) is 16.4 Å². The fourth-order valence-electron chi connectivity index (χ4n) is 3.20. The van der Waals surface area contributed by atoms with Gasteiger partial charge in [0.15, 0.2) is 16.8 Å². The average molecular weight is 420 g/mol. The van der Waals surface area contributed by atoms with Gasteiger partial charge in [0.2, 0.25) is 0 Å². The van der Waals surface area contributed by atoms with Crippen molar-refractivity contribution in [3.8, 4) is 17.1 Å². The van der Waals surface area contributed by atoms with E-state index in [2.05, 4.69) is 77.7 Å². The molecule has 0 N–H and O–H groups in total. The minimum atomic E-state index is -0.000720. The first-order valence-electron chi connectivity index (χ1n) is 9.85. The van der Waals surface area contributed by atoms with Gasteiger partial charge in [-0.3, -0.25) is 0 Å². The Morgan fingerprint density at radius 3 is 2.27 bits per heavy atom. The number of benzene rings is 2. The Morgan fingerprint density at radius 1 is 0.900 bits per heavy atom. The van der Waals surface area contributed by atoms with E-state index in [1.165, 1.54) is 5.56 Å². The van der Waals surface area contributed by atoms with Gasteiger partial charge in [0.25, 0.3) is 0 Å². The number of hydrogen-bond acceptors (Lipinski definition) is 6. The van der Waals surface area contributed by atoms with Crippen LogP contribution in [0.1, 0.15) is 44.3 Å². The zero-order chi connectivity index (χ0) is 21.3. The van der Waals surface area contributed by atoms with Crippen LogP contribution in [0.3, 0.4) is 0 Å². The second-order valence-electron chi connectivity index (χ2n) is 8.24. The monoisotopic (exact) mass is 419 g/mol. The van der Waals surface area contributed by atoms with Crippen LogP contribution in [0.2, 0.25) is 0 Å². The summed E-state index contributed by atoms with van der Waals surface area (Å²) in [6, 6.07) is 18.4. The van der Waals surface area contributed by atoms with E-state index in [1.807, 2.05) is 41.9 Å². The summed E-state index contributed by atoms with van der Waals surface area (Å²) in [6.07, 6.45) is 0. The largest absolute Gasteiger partial charge is 0.305 e. The Labute approximate surface area is 180 Å². The Balaban J connectivity index is 1.56. The van der Waals surface area contributed by atoms with E-state index in [0.29, 0.717) is 0 Å². The van der Waals surface area contributed by atoms with Crippen LogP contribution in [0, 0.1) is 0 Å². The van der Waals surface area contributed by atoms with Gasteiger partial charge < -0.3 is 4.57 Å². The molecule has 0 radical (unpaired) electrons. The molecule has 154 valence electrons. The lowest BCUT2D eigenvalue weighted by molar-refractivity contribution is 0.590. The van der Waals surface area contributed by atoms with Crippen LogP contribution in [0.25, 0.3) is 17.1 Å². The fraction of sp³-hybridized carbons (Fsp3) is 0.318. The number of rotatable bonds is 5. The van der Waals surface area contributed by atoms with Crippen molar-refractivity contribution in [2.45, 2.75) is 43.5 Å². The predicted octanol–water partition coefficient (Wildman–Crippen LogP) is 4.61. The maximum atomic E-state index is 4.43. The zero-order valence-corrected chi connectivity index (χ0v) is 18.6. The van der Waals surface area contributed by atoms with Gasteiger partial charge in [-0.25, -0.2) is 0 Å². The number of hydrogen-bond donors (Lipinski definition) is 0. The molecule has 1 atom stereocenters. The topological polar surface area (TPSA) is 74.3 Å². The van der Waals surface area contributed by atoms with Gasteiger partial charge in [0.1, 0.15) is 0 Å². The minimum absolute atomic E-state index is 0.000720. The zero-order valence-electron chi connectivity index (χ0n) is 17.8. The highest BCUT2D eigenvalue weighted by atomic mass is 32.2. The molecular formula is C22H25N7S. The van der Waals surface area contributed by atoms with Crippen LogP contribution in [0.15, 0.2) is 59.8 Å². The van der Waals surface area contributed by atoms with Crippen LogP contribution in [0.5, 0.6) is 0 Å². The van der Waals surface area contributed by atoms with Gasteiger partial charge in [0.05, 0.1) is 10.9 Å². The van der Waals surface area contributed by atoms with E-state index in [4.69, 9.17) is 0 Å². The third-order valence-electron chi connectivity index (χ3n) is 4.98. The second-order valence-corrected chi connectivity index (χ2v) is 9.55. The number of aromatic nitrogens is 7. The highest BCUT2D eigenvalue weighted by Crippen LogP contribution is 2.34. The normalized spacial score (nSPS) is 12.8. The number of para-hydroxylation sites is 1. The first-order valence-corrected chi connectivity index (χ1v) is 10.7. The molecule has 2 heterocycles. The van der Waals surface area contributed by atoms with Crippen molar-refractivity contribution in [3.63, 3.8) is 0 Å². The van der Waals surface area contributed by atoms with Crippen LogP contribution in [-0.2, 0) is 12.5 Å².